The van der Waals surface area contributed by atoms with E-state index in [2.05, 4.69) is 27.7 Å². The first-order valence-electron chi connectivity index (χ1n) is 5.72. The van der Waals surface area contributed by atoms with E-state index in [1.165, 1.54) is 10.7 Å². The van der Waals surface area contributed by atoms with E-state index in [1.807, 2.05) is 20.8 Å². The Kier molecular flexibility index (Phi) is 3.79. The fourth-order valence-corrected chi connectivity index (χ4v) is 3.14. The Morgan fingerprint density at radius 1 is 1.37 bits per heavy atom. The van der Waals surface area contributed by atoms with Gasteiger partial charge in [0.05, 0.1) is 14.3 Å². The molecule has 1 aromatic heterocycles. The number of nitrogens with two attached hydrogens (primary N) is 1. The fourth-order valence-electron chi connectivity index (χ4n) is 1.75. The number of hydrogen-bond donors (Lipinski definition) is 1. The first-order chi connectivity index (χ1) is 8.73. The van der Waals surface area contributed by atoms with Crippen LogP contribution >= 0.6 is 34.2 Å². The zero-order chi connectivity index (χ0) is 14.4. The highest BCUT2D eigenvalue weighted by atomic mass is 127. The second-order valence-corrected chi connectivity index (χ2v) is 6.77. The molecule has 0 bridgehead atoms. The predicted molar refractivity (Wildman–Crippen MR) is 84.4 cm³/mol. The molecule has 0 aliphatic rings. The van der Waals surface area contributed by atoms with Crippen molar-refractivity contribution in [2.45, 2.75) is 26.2 Å². The molecule has 0 atom stereocenters. The second kappa shape index (κ2) is 4.94. The number of anilines is 1. The van der Waals surface area contributed by atoms with E-state index in [1.54, 1.807) is 12.1 Å². The molecular weight excluding hydrogens is 380 g/mol. The third kappa shape index (κ3) is 2.58. The van der Waals surface area contributed by atoms with Crippen molar-refractivity contribution in [3.05, 3.63) is 38.3 Å². The monoisotopic (exact) mass is 393 g/mol. The minimum Gasteiger partial charge on any atom is -0.383 e. The SMILES string of the molecule is CC(C)(C)c1nn(-c2c(F)cccc2Cl)c(N)c1I. The Balaban J connectivity index is 2.72. The van der Waals surface area contributed by atoms with Crippen LogP contribution in [0.1, 0.15) is 26.5 Å². The Labute approximate surface area is 130 Å². The van der Waals surface area contributed by atoms with E-state index in [-0.39, 0.29) is 16.1 Å². The number of nitrogen functional groups attached to an aromatic ring is 1. The maximum atomic E-state index is 14.0. The van der Waals surface area contributed by atoms with Crippen LogP contribution < -0.4 is 5.73 Å². The van der Waals surface area contributed by atoms with Crippen LogP contribution in [0.3, 0.4) is 0 Å². The van der Waals surface area contributed by atoms with Crippen molar-refractivity contribution in [1.82, 2.24) is 9.78 Å². The quantitative estimate of drug-likeness (QED) is 0.740. The summed E-state index contributed by atoms with van der Waals surface area (Å²) in [6, 6.07) is 4.51. The van der Waals surface area contributed by atoms with E-state index < -0.39 is 5.82 Å². The smallest absolute Gasteiger partial charge is 0.150 e. The normalized spacial score (nSPS) is 11.9. The predicted octanol–water partition coefficient (Wildman–Crippen LogP) is 4.15. The van der Waals surface area contributed by atoms with E-state index in [0.29, 0.717) is 5.82 Å². The van der Waals surface area contributed by atoms with Gasteiger partial charge in [0.15, 0.2) is 0 Å². The van der Waals surface area contributed by atoms with Crippen molar-refractivity contribution in [2.24, 2.45) is 0 Å². The lowest BCUT2D eigenvalue weighted by atomic mass is 9.92. The first kappa shape index (κ1) is 14.6. The maximum Gasteiger partial charge on any atom is 0.150 e. The molecule has 1 aromatic carbocycles. The number of rotatable bonds is 1. The fraction of sp³-hybridized carbons (Fsp3) is 0.308. The molecule has 0 unspecified atom stereocenters. The van der Waals surface area contributed by atoms with Crippen LogP contribution in [-0.4, -0.2) is 9.78 Å². The minimum atomic E-state index is -0.446. The summed E-state index contributed by atoms with van der Waals surface area (Å²) in [5.41, 5.74) is 6.88. The van der Waals surface area contributed by atoms with Gasteiger partial charge in [-0.05, 0) is 34.7 Å². The molecule has 0 aliphatic carbocycles. The summed E-state index contributed by atoms with van der Waals surface area (Å²) >= 11 is 8.18. The molecule has 102 valence electrons. The number of para-hydroxylation sites is 1. The molecule has 0 saturated heterocycles. The number of benzene rings is 1. The van der Waals surface area contributed by atoms with Crippen LogP contribution in [0, 0.1) is 9.39 Å². The Morgan fingerprint density at radius 2 is 2.00 bits per heavy atom. The molecule has 0 saturated carbocycles. The zero-order valence-corrected chi connectivity index (χ0v) is 13.8. The number of nitrogens with zero attached hydrogens (tertiary/aromatic N) is 2. The van der Waals surface area contributed by atoms with Crippen LogP contribution in [0.15, 0.2) is 18.2 Å². The lowest BCUT2D eigenvalue weighted by Crippen LogP contribution is -2.14. The molecule has 1 heterocycles. The van der Waals surface area contributed by atoms with Crippen LogP contribution in [0.25, 0.3) is 5.69 Å². The summed E-state index contributed by atoms with van der Waals surface area (Å²) in [6.07, 6.45) is 0. The van der Waals surface area contributed by atoms with Gasteiger partial charge in [-0.1, -0.05) is 38.4 Å². The molecule has 19 heavy (non-hydrogen) atoms. The van der Waals surface area contributed by atoms with Gasteiger partial charge in [-0.25, -0.2) is 9.07 Å². The molecule has 3 nitrogen and oxygen atoms in total. The molecule has 0 fully saturated rings. The molecule has 0 aliphatic heterocycles. The highest BCUT2D eigenvalue weighted by molar-refractivity contribution is 14.1. The summed E-state index contributed by atoms with van der Waals surface area (Å²) < 4.78 is 16.1. The van der Waals surface area contributed by atoms with Crippen LogP contribution in [0.4, 0.5) is 10.2 Å². The summed E-state index contributed by atoms with van der Waals surface area (Å²) in [5, 5.41) is 4.72. The van der Waals surface area contributed by atoms with Crippen molar-refractivity contribution in [3.8, 4) is 5.69 Å². The summed E-state index contributed by atoms with van der Waals surface area (Å²) in [7, 11) is 0. The Morgan fingerprint density at radius 3 is 2.47 bits per heavy atom. The van der Waals surface area contributed by atoms with Gasteiger partial charge in [-0.2, -0.15) is 5.10 Å². The average molecular weight is 394 g/mol. The molecule has 2 N–H and O–H groups in total. The lowest BCUT2D eigenvalue weighted by molar-refractivity contribution is 0.553. The van der Waals surface area contributed by atoms with Crippen LogP contribution in [0.2, 0.25) is 5.02 Å². The Hall–Kier alpha value is -0.820. The largest absolute Gasteiger partial charge is 0.383 e. The van der Waals surface area contributed by atoms with Crippen molar-refractivity contribution in [2.75, 3.05) is 5.73 Å². The van der Waals surface area contributed by atoms with Gasteiger partial charge < -0.3 is 5.73 Å². The highest BCUT2D eigenvalue weighted by Gasteiger charge is 2.26. The molecule has 0 amide bonds. The standard InChI is InChI=1S/C13H14ClFIN3/c1-13(2,3)11-9(16)12(17)19(18-11)10-7(14)5-4-6-8(10)15/h4-6H,17H2,1-3H3. The molecule has 2 rings (SSSR count). The summed E-state index contributed by atoms with van der Waals surface area (Å²) in [4.78, 5) is 0. The third-order valence-corrected chi connectivity index (χ3v) is 4.09. The van der Waals surface area contributed by atoms with Gasteiger partial charge in [0.25, 0.3) is 0 Å². The van der Waals surface area contributed by atoms with Gasteiger partial charge in [0.1, 0.15) is 17.3 Å². The highest BCUT2D eigenvalue weighted by Crippen LogP contribution is 2.33. The van der Waals surface area contributed by atoms with Crippen molar-refractivity contribution in [3.63, 3.8) is 0 Å². The van der Waals surface area contributed by atoms with Gasteiger partial charge in [-0.15, -0.1) is 0 Å². The lowest BCUT2D eigenvalue weighted by Gasteiger charge is -2.15. The van der Waals surface area contributed by atoms with Crippen LogP contribution in [-0.2, 0) is 5.41 Å². The number of aromatic nitrogens is 2. The number of hydrogen-bond acceptors (Lipinski definition) is 2. The van der Waals surface area contributed by atoms with Crippen molar-refractivity contribution >= 4 is 40.0 Å². The van der Waals surface area contributed by atoms with E-state index in [0.717, 1.165) is 9.26 Å². The molecule has 0 radical (unpaired) electrons. The van der Waals surface area contributed by atoms with Gasteiger partial charge in [0.2, 0.25) is 0 Å². The Bertz CT molecular complexity index is 611. The van der Waals surface area contributed by atoms with E-state index in [4.69, 9.17) is 17.3 Å². The molecule has 2 aromatic rings. The first-order valence-corrected chi connectivity index (χ1v) is 7.18. The molecular formula is C13H14ClFIN3. The summed E-state index contributed by atoms with van der Waals surface area (Å²) in [6.45, 7) is 6.10. The van der Waals surface area contributed by atoms with Gasteiger partial charge in [0, 0.05) is 5.41 Å². The average Bonchev–Trinajstić information content (AvgIpc) is 2.57. The minimum absolute atomic E-state index is 0.173. The van der Waals surface area contributed by atoms with Crippen molar-refractivity contribution < 1.29 is 4.39 Å². The molecule has 6 heteroatoms. The zero-order valence-electron chi connectivity index (χ0n) is 10.8. The van der Waals surface area contributed by atoms with E-state index in [9.17, 15) is 4.39 Å². The van der Waals surface area contributed by atoms with Crippen LogP contribution in [0.5, 0.6) is 0 Å². The van der Waals surface area contributed by atoms with Crippen molar-refractivity contribution in [1.29, 1.82) is 0 Å². The van der Waals surface area contributed by atoms with Gasteiger partial charge in [-0.3, -0.25) is 0 Å². The third-order valence-electron chi connectivity index (χ3n) is 2.72. The van der Waals surface area contributed by atoms with Gasteiger partial charge >= 0.3 is 0 Å². The second-order valence-electron chi connectivity index (χ2n) is 5.28. The van der Waals surface area contributed by atoms with E-state index >= 15 is 0 Å². The summed E-state index contributed by atoms with van der Waals surface area (Å²) in [5.74, 6) is -0.0453. The topological polar surface area (TPSA) is 43.8 Å². The number of halogens is 3. The maximum absolute atomic E-state index is 14.0. The molecule has 0 spiro atoms.